The normalized spacial score (nSPS) is 17.6. The van der Waals surface area contributed by atoms with Crippen LogP contribution in [0.2, 0.25) is 0 Å². The number of pyridine rings is 1. The van der Waals surface area contributed by atoms with Crippen LogP contribution < -0.4 is 10.6 Å². The van der Waals surface area contributed by atoms with E-state index in [0.29, 0.717) is 5.92 Å². The van der Waals surface area contributed by atoms with Crippen LogP contribution in [0.1, 0.15) is 29.2 Å². The first kappa shape index (κ1) is 26.7. The largest absolute Gasteiger partial charge is 0.384 e. The Morgan fingerprint density at radius 1 is 0.587 bits per heavy atom. The summed E-state index contributed by atoms with van der Waals surface area (Å²) in [6.45, 7) is 0.866. The average Bonchev–Trinajstić information content (AvgIpc) is 3.13. The van der Waals surface area contributed by atoms with Crippen LogP contribution in [0.5, 0.6) is 0 Å². The minimum atomic E-state index is 0.0891. The molecule has 0 saturated heterocycles. The lowest BCUT2D eigenvalue weighted by Crippen LogP contribution is -2.28. The predicted molar refractivity (Wildman–Crippen MR) is 194 cm³/mol. The molecular formula is C43H33N3. The number of hydrogen-bond donors (Lipinski definition) is 2. The number of benzene rings is 6. The smallest absolute Gasteiger partial charge is 0.0794 e. The Morgan fingerprint density at radius 2 is 1.30 bits per heavy atom. The van der Waals surface area contributed by atoms with Crippen molar-refractivity contribution in [3.8, 4) is 11.1 Å². The zero-order chi connectivity index (χ0) is 30.5. The van der Waals surface area contributed by atoms with Crippen LogP contribution >= 0.6 is 0 Å². The van der Waals surface area contributed by atoms with E-state index in [4.69, 9.17) is 4.98 Å². The number of aromatic nitrogens is 1. The van der Waals surface area contributed by atoms with Gasteiger partial charge in [0.1, 0.15) is 0 Å². The van der Waals surface area contributed by atoms with Crippen LogP contribution in [0.4, 0.5) is 5.69 Å². The molecule has 2 N–H and O–H groups in total. The molecule has 2 unspecified atom stereocenters. The number of para-hydroxylation sites is 1. The number of hydrogen-bond acceptors (Lipinski definition) is 3. The summed E-state index contributed by atoms with van der Waals surface area (Å²) < 4.78 is 0. The first-order chi connectivity index (χ1) is 22.8. The van der Waals surface area contributed by atoms with Crippen molar-refractivity contribution in [1.29, 1.82) is 0 Å². The van der Waals surface area contributed by atoms with E-state index in [0.717, 1.165) is 18.5 Å². The van der Waals surface area contributed by atoms with Crippen LogP contribution in [-0.2, 0) is 0 Å². The summed E-state index contributed by atoms with van der Waals surface area (Å²) in [4.78, 5) is 4.72. The Kier molecular flexibility index (Phi) is 6.41. The van der Waals surface area contributed by atoms with Crippen LogP contribution in [0.25, 0.3) is 54.8 Å². The van der Waals surface area contributed by atoms with E-state index in [9.17, 15) is 0 Å². The monoisotopic (exact) mass is 591 g/mol. The van der Waals surface area contributed by atoms with Gasteiger partial charge in [-0.25, -0.2) is 0 Å². The molecule has 0 spiro atoms. The number of rotatable bonds is 4. The van der Waals surface area contributed by atoms with E-state index >= 15 is 0 Å². The second-order valence-electron chi connectivity index (χ2n) is 12.5. The van der Waals surface area contributed by atoms with Gasteiger partial charge in [-0.15, -0.1) is 0 Å². The van der Waals surface area contributed by atoms with E-state index in [2.05, 4.69) is 150 Å². The van der Waals surface area contributed by atoms with E-state index in [-0.39, 0.29) is 6.04 Å². The molecule has 7 aromatic rings. The Balaban J connectivity index is 1.12. The molecule has 220 valence electrons. The van der Waals surface area contributed by atoms with Gasteiger partial charge in [-0.2, -0.15) is 0 Å². The Hall–Kier alpha value is -5.67. The summed E-state index contributed by atoms with van der Waals surface area (Å²) in [5.41, 5.74) is 11.0. The third-order valence-electron chi connectivity index (χ3n) is 9.71. The van der Waals surface area contributed by atoms with Crippen molar-refractivity contribution >= 4 is 49.4 Å². The molecule has 0 radical (unpaired) electrons. The van der Waals surface area contributed by atoms with E-state index in [1.54, 1.807) is 0 Å². The van der Waals surface area contributed by atoms with Gasteiger partial charge in [0.2, 0.25) is 0 Å². The fourth-order valence-electron chi connectivity index (χ4n) is 7.29. The summed E-state index contributed by atoms with van der Waals surface area (Å²) in [5.74, 6) is 0.336. The molecule has 0 amide bonds. The summed E-state index contributed by atoms with van der Waals surface area (Å²) in [5, 5.41) is 13.9. The van der Waals surface area contributed by atoms with Crippen molar-refractivity contribution in [2.45, 2.75) is 12.5 Å². The standard InChI is InChI=1S/C43H33N3/c1-3-9-31-23-33(16-14-28(31)7-1)34-18-21-41-39(25-34)38(26-42(46-41)35-17-15-29-8-2-4-10-32(29)24-35)36-19-20-40(45-27-36)37-13-5-11-30-12-6-22-44-43(30)37/h1-18,20-26,36,42,45-46H,19,27H2. The Morgan fingerprint density at radius 3 is 2.13 bits per heavy atom. The lowest BCUT2D eigenvalue weighted by atomic mass is 9.81. The molecule has 3 nitrogen and oxygen atoms in total. The molecule has 2 aliphatic heterocycles. The van der Waals surface area contributed by atoms with Crippen LogP contribution in [-0.4, -0.2) is 11.5 Å². The van der Waals surface area contributed by atoms with Crippen molar-refractivity contribution in [3.63, 3.8) is 0 Å². The lowest BCUT2D eigenvalue weighted by molar-refractivity contribution is 0.618. The molecule has 3 heteroatoms. The third kappa shape index (κ3) is 4.72. The van der Waals surface area contributed by atoms with Gasteiger partial charge in [0.25, 0.3) is 0 Å². The number of anilines is 1. The highest BCUT2D eigenvalue weighted by molar-refractivity contribution is 5.92. The highest BCUT2D eigenvalue weighted by Crippen LogP contribution is 2.43. The quantitative estimate of drug-likeness (QED) is 0.214. The predicted octanol–water partition coefficient (Wildman–Crippen LogP) is 10.4. The molecule has 2 aliphatic rings. The Bertz CT molecular complexity index is 2340. The van der Waals surface area contributed by atoms with Gasteiger partial charge < -0.3 is 10.6 Å². The number of nitrogens with one attached hydrogen (secondary N) is 2. The molecule has 3 heterocycles. The van der Waals surface area contributed by atoms with Crippen molar-refractivity contribution < 1.29 is 0 Å². The van der Waals surface area contributed by atoms with E-state index < -0.39 is 0 Å². The van der Waals surface area contributed by atoms with Gasteiger partial charge in [0, 0.05) is 46.6 Å². The molecule has 1 aromatic heterocycles. The highest BCUT2D eigenvalue weighted by Gasteiger charge is 2.28. The molecule has 0 fully saturated rings. The first-order valence-electron chi connectivity index (χ1n) is 16.2. The zero-order valence-electron chi connectivity index (χ0n) is 25.4. The molecule has 9 rings (SSSR count). The molecule has 0 bridgehead atoms. The van der Waals surface area contributed by atoms with Crippen LogP contribution in [0.15, 0.2) is 152 Å². The minimum Gasteiger partial charge on any atom is -0.384 e. The summed E-state index contributed by atoms with van der Waals surface area (Å²) >= 11 is 0. The fraction of sp³-hybridized carbons (Fsp3) is 0.0930. The van der Waals surface area contributed by atoms with Gasteiger partial charge in [0.15, 0.2) is 0 Å². The zero-order valence-corrected chi connectivity index (χ0v) is 25.4. The SMILES string of the molecule is C1=C(c2cccc3cccnc23)NCC(C2=CC(c3ccc4ccccc4c3)Nc3ccc(-c4ccc5ccccc5c4)cc32)C1. The second-order valence-corrected chi connectivity index (χ2v) is 12.5. The second kappa shape index (κ2) is 11.0. The number of allylic oxidation sites excluding steroid dienone is 1. The van der Waals surface area contributed by atoms with Crippen LogP contribution in [0.3, 0.4) is 0 Å². The summed E-state index contributed by atoms with van der Waals surface area (Å²) in [6, 6.07) is 48.4. The molecule has 2 atom stereocenters. The Labute approximate surface area is 268 Å². The highest BCUT2D eigenvalue weighted by atomic mass is 14.9. The van der Waals surface area contributed by atoms with Gasteiger partial charge in [0.05, 0.1) is 11.6 Å². The lowest BCUT2D eigenvalue weighted by Gasteiger charge is -2.33. The minimum absolute atomic E-state index is 0.0891. The van der Waals surface area contributed by atoms with E-state index in [1.165, 1.54) is 71.7 Å². The first-order valence-corrected chi connectivity index (χ1v) is 16.2. The van der Waals surface area contributed by atoms with E-state index in [1.807, 2.05) is 12.3 Å². The van der Waals surface area contributed by atoms with Crippen molar-refractivity contribution in [2.24, 2.45) is 5.92 Å². The number of nitrogens with zero attached hydrogens (tertiary/aromatic N) is 1. The summed E-state index contributed by atoms with van der Waals surface area (Å²) in [7, 11) is 0. The maximum Gasteiger partial charge on any atom is 0.0794 e. The average molecular weight is 592 g/mol. The van der Waals surface area contributed by atoms with Crippen molar-refractivity contribution in [1.82, 2.24) is 10.3 Å². The van der Waals surface area contributed by atoms with Crippen molar-refractivity contribution in [2.75, 3.05) is 11.9 Å². The maximum atomic E-state index is 4.72. The van der Waals surface area contributed by atoms with Crippen molar-refractivity contribution in [3.05, 3.63) is 168 Å². The fourth-order valence-corrected chi connectivity index (χ4v) is 7.29. The van der Waals surface area contributed by atoms with Gasteiger partial charge in [-0.1, -0.05) is 115 Å². The molecular weight excluding hydrogens is 558 g/mol. The van der Waals surface area contributed by atoms with Crippen LogP contribution in [0, 0.1) is 5.92 Å². The topological polar surface area (TPSA) is 37.0 Å². The molecule has 0 saturated carbocycles. The molecule has 6 aromatic carbocycles. The van der Waals surface area contributed by atoms with Gasteiger partial charge >= 0.3 is 0 Å². The third-order valence-corrected chi connectivity index (χ3v) is 9.71. The van der Waals surface area contributed by atoms with Gasteiger partial charge in [-0.05, 0) is 80.6 Å². The van der Waals surface area contributed by atoms with Gasteiger partial charge in [-0.3, -0.25) is 4.98 Å². The summed E-state index contributed by atoms with van der Waals surface area (Å²) in [6.07, 6.45) is 7.69. The molecule has 0 aliphatic carbocycles. The maximum absolute atomic E-state index is 4.72. The molecule has 46 heavy (non-hydrogen) atoms. The number of fused-ring (bicyclic) bond motifs is 4.